The lowest BCUT2D eigenvalue weighted by Crippen LogP contribution is -2.17. The zero-order chi connectivity index (χ0) is 26.3. The van der Waals surface area contributed by atoms with Crippen molar-refractivity contribution in [2.24, 2.45) is 0 Å². The molecule has 37 heavy (non-hydrogen) atoms. The van der Waals surface area contributed by atoms with Crippen LogP contribution in [0.15, 0.2) is 42.5 Å². The highest BCUT2D eigenvalue weighted by Gasteiger charge is 2.41. The number of fused-ring (bicyclic) bond motifs is 5. The molecule has 1 aliphatic carbocycles. The van der Waals surface area contributed by atoms with Gasteiger partial charge in [-0.3, -0.25) is 4.79 Å². The van der Waals surface area contributed by atoms with Gasteiger partial charge in [-0.1, -0.05) is 18.2 Å². The third-order valence-corrected chi connectivity index (χ3v) is 7.27. The number of benzene rings is 3. The number of hydrogen-bond donors (Lipinski definition) is 3. The first-order valence-electron chi connectivity index (χ1n) is 12.2. The van der Waals surface area contributed by atoms with Gasteiger partial charge in [0.05, 0.1) is 20.1 Å². The summed E-state index contributed by atoms with van der Waals surface area (Å²) >= 11 is 0. The number of aliphatic hydroxyl groups excluding tert-OH is 1. The number of methoxy groups -OCH3 is 2. The molecule has 1 aliphatic heterocycles. The number of aromatic hydroxyl groups is 2. The van der Waals surface area contributed by atoms with Crippen molar-refractivity contribution in [1.82, 2.24) is 0 Å². The normalized spacial score (nSPS) is 19.3. The number of esters is 1. The summed E-state index contributed by atoms with van der Waals surface area (Å²) in [5.41, 5.74) is 5.41. The summed E-state index contributed by atoms with van der Waals surface area (Å²) in [6.07, 6.45) is 0.637. The van der Waals surface area contributed by atoms with Gasteiger partial charge >= 0.3 is 5.97 Å². The molecule has 0 radical (unpaired) electrons. The molecule has 3 aromatic rings. The highest BCUT2D eigenvalue weighted by atomic mass is 16.5. The molecule has 3 aromatic carbocycles. The van der Waals surface area contributed by atoms with Crippen LogP contribution in [0.2, 0.25) is 0 Å². The first-order valence-corrected chi connectivity index (χ1v) is 12.2. The second kappa shape index (κ2) is 9.86. The fourth-order valence-electron chi connectivity index (χ4n) is 5.60. The third-order valence-electron chi connectivity index (χ3n) is 7.27. The lowest BCUT2D eigenvalue weighted by molar-refractivity contribution is -0.141. The van der Waals surface area contributed by atoms with E-state index in [9.17, 15) is 20.1 Å². The number of rotatable bonds is 7. The van der Waals surface area contributed by atoms with Crippen molar-refractivity contribution >= 4 is 5.97 Å². The van der Waals surface area contributed by atoms with Gasteiger partial charge in [0.15, 0.2) is 11.5 Å². The largest absolute Gasteiger partial charge is 0.508 e. The molecule has 3 atom stereocenters. The Hall–Kier alpha value is -3.91. The SMILES string of the molecule is COc1cc(C2Oc3c(ccc4c3CC(CCO)c3cc(O)cc(OC)c3-4)C2COC(C)=O)ccc1O. The fourth-order valence-corrected chi connectivity index (χ4v) is 5.60. The Labute approximate surface area is 215 Å². The highest BCUT2D eigenvalue weighted by Crippen LogP contribution is 2.55. The molecule has 0 fully saturated rings. The van der Waals surface area contributed by atoms with Gasteiger partial charge in [-0.2, -0.15) is 0 Å². The van der Waals surface area contributed by atoms with Gasteiger partial charge in [0.25, 0.3) is 0 Å². The molecule has 1 heterocycles. The molecule has 0 saturated heterocycles. The van der Waals surface area contributed by atoms with Crippen molar-refractivity contribution in [2.75, 3.05) is 27.4 Å². The second-order valence-electron chi connectivity index (χ2n) is 9.41. The standard InChI is InChI=1S/C29H30O8/c1-15(31)36-14-23-20-6-5-19-22(29(20)37-28(23)17-4-7-24(33)25(11-17)34-2)10-16(8-9-30)21-12-18(32)13-26(35-3)27(19)21/h4-7,11-13,16,23,28,30,32-33H,8-10,14H2,1-3H3. The number of carbonyl (C=O) groups excluding carboxylic acids is 1. The summed E-state index contributed by atoms with van der Waals surface area (Å²) < 4.78 is 23.0. The molecule has 8 heteroatoms. The van der Waals surface area contributed by atoms with Gasteiger partial charge in [-0.15, -0.1) is 0 Å². The van der Waals surface area contributed by atoms with Gasteiger partial charge in [-0.05, 0) is 53.6 Å². The first kappa shape index (κ1) is 24.8. The van der Waals surface area contributed by atoms with Crippen LogP contribution in [0.25, 0.3) is 11.1 Å². The molecule has 0 bridgehead atoms. The predicted molar refractivity (Wildman–Crippen MR) is 136 cm³/mol. The average molecular weight is 507 g/mol. The molecule has 0 amide bonds. The summed E-state index contributed by atoms with van der Waals surface area (Å²) in [6.45, 7) is 1.50. The molecule has 0 saturated carbocycles. The van der Waals surface area contributed by atoms with Crippen LogP contribution in [0.4, 0.5) is 0 Å². The lowest BCUT2D eigenvalue weighted by atomic mass is 9.75. The number of phenolic OH excluding ortho intramolecular Hbond substituents is 2. The van der Waals surface area contributed by atoms with Gasteiger partial charge in [-0.25, -0.2) is 0 Å². The first-order chi connectivity index (χ1) is 17.9. The van der Waals surface area contributed by atoms with Crippen LogP contribution >= 0.6 is 0 Å². The topological polar surface area (TPSA) is 115 Å². The van der Waals surface area contributed by atoms with E-state index in [-0.39, 0.29) is 42.5 Å². The molecule has 8 nitrogen and oxygen atoms in total. The Kier molecular flexibility index (Phi) is 6.60. The second-order valence-corrected chi connectivity index (χ2v) is 9.41. The third kappa shape index (κ3) is 4.31. The fraction of sp³-hybridized carbons (Fsp3) is 0.345. The van der Waals surface area contributed by atoms with Crippen molar-refractivity contribution in [3.05, 3.63) is 64.7 Å². The van der Waals surface area contributed by atoms with E-state index in [2.05, 4.69) is 0 Å². The Bertz CT molecular complexity index is 1350. The number of carbonyl (C=O) groups is 1. The zero-order valence-electron chi connectivity index (χ0n) is 21.0. The average Bonchev–Trinajstić information content (AvgIpc) is 3.26. The Morgan fingerprint density at radius 2 is 1.81 bits per heavy atom. The molecule has 5 rings (SSSR count). The van der Waals surface area contributed by atoms with Crippen LogP contribution in [0, 0.1) is 0 Å². The van der Waals surface area contributed by atoms with Crippen molar-refractivity contribution in [1.29, 1.82) is 0 Å². The minimum atomic E-state index is -0.477. The molecular formula is C29H30O8. The van der Waals surface area contributed by atoms with E-state index >= 15 is 0 Å². The smallest absolute Gasteiger partial charge is 0.302 e. The zero-order valence-corrected chi connectivity index (χ0v) is 21.0. The van der Waals surface area contributed by atoms with Crippen LogP contribution in [-0.4, -0.2) is 48.7 Å². The quantitative estimate of drug-likeness (QED) is 0.399. The highest BCUT2D eigenvalue weighted by molar-refractivity contribution is 5.83. The van der Waals surface area contributed by atoms with E-state index in [0.29, 0.717) is 24.3 Å². The van der Waals surface area contributed by atoms with Crippen LogP contribution < -0.4 is 14.2 Å². The number of phenols is 2. The van der Waals surface area contributed by atoms with Crippen LogP contribution in [0.1, 0.15) is 53.5 Å². The van der Waals surface area contributed by atoms with Gasteiger partial charge < -0.3 is 34.3 Å². The van der Waals surface area contributed by atoms with Crippen molar-refractivity contribution in [2.45, 2.75) is 37.7 Å². The Morgan fingerprint density at radius 3 is 2.51 bits per heavy atom. The number of ether oxygens (including phenoxy) is 4. The molecular weight excluding hydrogens is 476 g/mol. The van der Waals surface area contributed by atoms with E-state index in [1.54, 1.807) is 37.4 Å². The minimum Gasteiger partial charge on any atom is -0.508 e. The lowest BCUT2D eigenvalue weighted by Gasteiger charge is -2.30. The maximum Gasteiger partial charge on any atom is 0.302 e. The van der Waals surface area contributed by atoms with Gasteiger partial charge in [0.1, 0.15) is 30.0 Å². The van der Waals surface area contributed by atoms with Crippen LogP contribution in [-0.2, 0) is 16.0 Å². The summed E-state index contributed by atoms with van der Waals surface area (Å²) in [6, 6.07) is 12.4. The summed E-state index contributed by atoms with van der Waals surface area (Å²) in [7, 11) is 3.05. The molecule has 2 aliphatic rings. The van der Waals surface area contributed by atoms with E-state index < -0.39 is 6.10 Å². The molecule has 3 N–H and O–H groups in total. The Morgan fingerprint density at radius 1 is 1.03 bits per heavy atom. The summed E-state index contributed by atoms with van der Waals surface area (Å²) in [4.78, 5) is 11.7. The minimum absolute atomic E-state index is 0.00169. The van der Waals surface area contributed by atoms with Crippen molar-refractivity contribution in [3.8, 4) is 39.9 Å². The van der Waals surface area contributed by atoms with E-state index in [4.69, 9.17) is 18.9 Å². The molecule has 0 spiro atoms. The van der Waals surface area contributed by atoms with E-state index in [0.717, 1.165) is 39.1 Å². The van der Waals surface area contributed by atoms with Gasteiger partial charge in [0.2, 0.25) is 0 Å². The molecule has 194 valence electrons. The maximum absolute atomic E-state index is 11.7. The number of hydrogen-bond acceptors (Lipinski definition) is 8. The molecule has 3 unspecified atom stereocenters. The van der Waals surface area contributed by atoms with Crippen LogP contribution in [0.5, 0.6) is 28.7 Å². The van der Waals surface area contributed by atoms with E-state index in [1.807, 2.05) is 12.1 Å². The van der Waals surface area contributed by atoms with E-state index in [1.165, 1.54) is 14.0 Å². The predicted octanol–water partition coefficient (Wildman–Crippen LogP) is 4.58. The van der Waals surface area contributed by atoms with Gasteiger partial charge in [0, 0.05) is 36.3 Å². The molecule has 0 aromatic heterocycles. The summed E-state index contributed by atoms with van der Waals surface area (Å²) in [5, 5.41) is 30.2. The summed E-state index contributed by atoms with van der Waals surface area (Å²) in [5.74, 6) is 1.02. The maximum atomic E-state index is 11.7. The number of aliphatic hydroxyl groups is 1. The Balaban J connectivity index is 1.66. The monoisotopic (exact) mass is 506 g/mol. The van der Waals surface area contributed by atoms with Crippen LogP contribution in [0.3, 0.4) is 0 Å². The van der Waals surface area contributed by atoms with Crippen molar-refractivity contribution in [3.63, 3.8) is 0 Å². The van der Waals surface area contributed by atoms with Crippen molar-refractivity contribution < 1.29 is 39.1 Å².